The molecular weight excluding hydrogens is 493 g/mol. The fourth-order valence-electron chi connectivity index (χ4n) is 2.94. The second kappa shape index (κ2) is 10.1. The lowest BCUT2D eigenvalue weighted by Gasteiger charge is -2.26. The summed E-state index contributed by atoms with van der Waals surface area (Å²) in [6, 6.07) is 5.22. The molecule has 1 fully saturated rings. The first-order valence-electron chi connectivity index (χ1n) is 9.14. The van der Waals surface area contributed by atoms with Crippen LogP contribution in [0.3, 0.4) is 0 Å². The molecule has 28 heavy (non-hydrogen) atoms. The molecule has 1 N–H and O–H groups in total. The van der Waals surface area contributed by atoms with Crippen molar-refractivity contribution in [3.05, 3.63) is 34.8 Å². The zero-order valence-corrected chi connectivity index (χ0v) is 18.5. The monoisotopic (exact) mass is 515 g/mol. The number of thiophene rings is 1. The van der Waals surface area contributed by atoms with Gasteiger partial charge in [-0.05, 0) is 67.0 Å². The average Bonchev–Trinajstić information content (AvgIpc) is 3.18. The van der Waals surface area contributed by atoms with Gasteiger partial charge >= 0.3 is 5.97 Å². The van der Waals surface area contributed by atoms with Crippen LogP contribution in [0.4, 0.5) is 10.8 Å². The lowest BCUT2D eigenvalue weighted by atomic mass is 10.1. The number of hydrogen-bond donors (Lipinski definition) is 1. The van der Waals surface area contributed by atoms with E-state index in [9.17, 15) is 9.59 Å². The summed E-state index contributed by atoms with van der Waals surface area (Å²) in [6.07, 6.45) is 4.82. The molecule has 0 bridgehead atoms. The second-order valence-corrected chi connectivity index (χ2v) is 7.89. The van der Waals surface area contributed by atoms with Gasteiger partial charge in [-0.25, -0.2) is 9.78 Å². The molecule has 0 atom stereocenters. The molecule has 7 nitrogen and oxygen atoms in total. The van der Waals surface area contributed by atoms with E-state index in [2.05, 4.69) is 32.9 Å². The van der Waals surface area contributed by atoms with Crippen molar-refractivity contribution in [2.24, 2.45) is 0 Å². The van der Waals surface area contributed by atoms with Gasteiger partial charge in [-0.2, -0.15) is 0 Å². The standard InChI is InChI=1S/C19H22IN3O4S/c1-2-26-19(25)15-6-7-16(28-15)22-17-14(27-12-20)10-13(11-21-17)18(24)23-8-4-3-5-9-23/h6-7,10-11H,2-5,8-9,12H2,1H3,(H,21,22). The van der Waals surface area contributed by atoms with Crippen LogP contribution in [0.5, 0.6) is 5.75 Å². The zero-order valence-electron chi connectivity index (χ0n) is 15.6. The minimum absolute atomic E-state index is 0.0159. The van der Waals surface area contributed by atoms with Crippen LogP contribution in [-0.2, 0) is 4.74 Å². The van der Waals surface area contributed by atoms with Gasteiger partial charge < -0.3 is 19.7 Å². The molecule has 0 spiro atoms. The van der Waals surface area contributed by atoms with Crippen LogP contribution in [0.15, 0.2) is 24.4 Å². The van der Waals surface area contributed by atoms with Crippen LogP contribution in [0.2, 0.25) is 0 Å². The molecule has 3 rings (SSSR count). The molecule has 1 amide bonds. The number of nitrogens with zero attached hydrogens (tertiary/aromatic N) is 2. The summed E-state index contributed by atoms with van der Waals surface area (Å²) >= 11 is 3.38. The van der Waals surface area contributed by atoms with Crippen molar-refractivity contribution < 1.29 is 19.1 Å². The molecule has 1 saturated heterocycles. The van der Waals surface area contributed by atoms with Gasteiger partial charge in [0, 0.05) is 19.3 Å². The van der Waals surface area contributed by atoms with Crippen molar-refractivity contribution in [3.63, 3.8) is 0 Å². The number of amides is 1. The van der Waals surface area contributed by atoms with Crippen LogP contribution >= 0.6 is 33.9 Å². The summed E-state index contributed by atoms with van der Waals surface area (Å²) in [5.74, 6) is 0.643. The average molecular weight is 515 g/mol. The van der Waals surface area contributed by atoms with E-state index in [-0.39, 0.29) is 11.9 Å². The molecule has 2 aromatic heterocycles. The summed E-state index contributed by atoms with van der Waals surface area (Å²) < 4.78 is 11.1. The number of ether oxygens (including phenoxy) is 2. The van der Waals surface area contributed by atoms with Crippen molar-refractivity contribution in [3.8, 4) is 5.75 Å². The highest BCUT2D eigenvalue weighted by atomic mass is 127. The van der Waals surface area contributed by atoms with E-state index >= 15 is 0 Å². The summed E-state index contributed by atoms with van der Waals surface area (Å²) in [5, 5.41) is 3.91. The van der Waals surface area contributed by atoms with Crippen molar-refractivity contribution >= 4 is 56.6 Å². The highest BCUT2D eigenvalue weighted by molar-refractivity contribution is 14.1. The number of hydrogen-bond acceptors (Lipinski definition) is 7. The first kappa shape index (κ1) is 20.8. The Labute approximate surface area is 181 Å². The number of alkyl halides is 1. The zero-order chi connectivity index (χ0) is 19.9. The molecule has 2 aromatic rings. The number of anilines is 2. The lowest BCUT2D eigenvalue weighted by Crippen LogP contribution is -2.35. The molecule has 0 saturated carbocycles. The molecule has 0 unspecified atom stereocenters. The minimum atomic E-state index is -0.347. The number of halogens is 1. The minimum Gasteiger partial charge on any atom is -0.479 e. The van der Waals surface area contributed by atoms with Gasteiger partial charge in [-0.15, -0.1) is 11.3 Å². The number of rotatable bonds is 7. The Morgan fingerprint density at radius 1 is 1.29 bits per heavy atom. The van der Waals surface area contributed by atoms with Gasteiger partial charge in [0.25, 0.3) is 5.91 Å². The normalized spacial score (nSPS) is 13.9. The smallest absolute Gasteiger partial charge is 0.348 e. The molecule has 0 aliphatic carbocycles. The largest absolute Gasteiger partial charge is 0.479 e. The molecule has 0 aromatic carbocycles. The molecule has 1 aliphatic rings. The first-order valence-corrected chi connectivity index (χ1v) is 11.5. The van der Waals surface area contributed by atoms with Crippen LogP contribution in [0.25, 0.3) is 0 Å². The molecule has 150 valence electrons. The number of carbonyl (C=O) groups is 2. The first-order chi connectivity index (χ1) is 13.6. The lowest BCUT2D eigenvalue weighted by molar-refractivity contribution is 0.0531. The summed E-state index contributed by atoms with van der Waals surface area (Å²) in [7, 11) is 0. The summed E-state index contributed by atoms with van der Waals surface area (Å²) in [6.45, 7) is 3.68. The van der Waals surface area contributed by atoms with Gasteiger partial charge in [0.2, 0.25) is 0 Å². The summed E-state index contributed by atoms with van der Waals surface area (Å²) in [5.41, 5.74) is 0.519. The van der Waals surface area contributed by atoms with Crippen LogP contribution < -0.4 is 10.1 Å². The van der Waals surface area contributed by atoms with Gasteiger partial charge in [-0.3, -0.25) is 4.79 Å². The fraction of sp³-hybridized carbons (Fsp3) is 0.421. The fourth-order valence-corrected chi connectivity index (χ4v) is 4.07. The Kier molecular flexibility index (Phi) is 7.49. The Hall–Kier alpha value is -1.88. The second-order valence-electron chi connectivity index (χ2n) is 6.19. The van der Waals surface area contributed by atoms with Gasteiger partial charge in [0.1, 0.15) is 9.49 Å². The molecular formula is C19H22IN3O4S. The van der Waals surface area contributed by atoms with Crippen LogP contribution in [0.1, 0.15) is 46.2 Å². The third-order valence-corrected chi connectivity index (χ3v) is 5.57. The van der Waals surface area contributed by atoms with E-state index in [0.29, 0.717) is 33.2 Å². The topological polar surface area (TPSA) is 80.8 Å². The van der Waals surface area contributed by atoms with Crippen molar-refractivity contribution in [1.82, 2.24) is 9.88 Å². The highest BCUT2D eigenvalue weighted by Gasteiger charge is 2.20. The predicted octanol–water partition coefficient (Wildman–Crippen LogP) is 4.46. The number of nitrogens with one attached hydrogen (secondary N) is 1. The van der Waals surface area contributed by atoms with Gasteiger partial charge in [-0.1, -0.05) is 0 Å². The Bertz CT molecular complexity index is 836. The van der Waals surface area contributed by atoms with Gasteiger partial charge in [0.15, 0.2) is 11.6 Å². The number of likely N-dealkylation sites (tertiary alicyclic amines) is 1. The quantitative estimate of drug-likeness (QED) is 0.333. The molecule has 9 heteroatoms. The van der Waals surface area contributed by atoms with E-state index in [1.54, 1.807) is 31.3 Å². The maximum absolute atomic E-state index is 12.7. The molecule has 1 aliphatic heterocycles. The van der Waals surface area contributed by atoms with Crippen LogP contribution in [0, 0.1) is 0 Å². The number of pyridine rings is 1. The Morgan fingerprint density at radius 3 is 2.79 bits per heavy atom. The SMILES string of the molecule is CCOC(=O)c1ccc(Nc2ncc(C(=O)N3CCCCC3)cc2OCI)s1. The number of carbonyl (C=O) groups excluding carboxylic acids is 2. The number of esters is 1. The van der Waals surface area contributed by atoms with E-state index in [4.69, 9.17) is 9.47 Å². The molecule has 3 heterocycles. The van der Waals surface area contributed by atoms with E-state index in [1.165, 1.54) is 17.8 Å². The van der Waals surface area contributed by atoms with Crippen molar-refractivity contribution in [2.75, 3.05) is 29.6 Å². The van der Waals surface area contributed by atoms with Crippen LogP contribution in [-0.4, -0.2) is 46.1 Å². The van der Waals surface area contributed by atoms with E-state index in [1.807, 2.05) is 4.90 Å². The maximum Gasteiger partial charge on any atom is 0.348 e. The van der Waals surface area contributed by atoms with Gasteiger partial charge in [0.05, 0.1) is 17.2 Å². The highest BCUT2D eigenvalue weighted by Crippen LogP contribution is 2.31. The Morgan fingerprint density at radius 2 is 2.07 bits per heavy atom. The third-order valence-electron chi connectivity index (χ3n) is 4.28. The maximum atomic E-state index is 12.7. The summed E-state index contributed by atoms with van der Waals surface area (Å²) in [4.78, 5) is 31.3. The van der Waals surface area contributed by atoms with Crippen molar-refractivity contribution in [2.45, 2.75) is 26.2 Å². The van der Waals surface area contributed by atoms with E-state index in [0.717, 1.165) is 30.9 Å². The van der Waals surface area contributed by atoms with Crippen molar-refractivity contribution in [1.29, 1.82) is 0 Å². The number of aromatic nitrogens is 1. The number of piperidine rings is 1. The third kappa shape index (κ3) is 5.13. The Balaban J connectivity index is 1.77. The van der Waals surface area contributed by atoms with E-state index < -0.39 is 0 Å². The predicted molar refractivity (Wildman–Crippen MR) is 117 cm³/mol. The molecule has 0 radical (unpaired) electrons.